The highest BCUT2D eigenvalue weighted by molar-refractivity contribution is 6.31. The highest BCUT2D eigenvalue weighted by Gasteiger charge is 2.52. The number of hydrogen-bond donors (Lipinski definition) is 0. The third-order valence-corrected chi connectivity index (χ3v) is 9.87. The van der Waals surface area contributed by atoms with Crippen LogP contribution in [0.4, 0.5) is 11.4 Å². The summed E-state index contributed by atoms with van der Waals surface area (Å²) in [6, 6.07) is 19.0. The largest absolute Gasteiger partial charge is 0.497 e. The summed E-state index contributed by atoms with van der Waals surface area (Å²) in [6.07, 6.45) is 2.54. The van der Waals surface area contributed by atoms with Gasteiger partial charge in [-0.25, -0.2) is 0 Å². The highest BCUT2D eigenvalue weighted by Crippen LogP contribution is 2.49. The molecule has 2 saturated heterocycles. The van der Waals surface area contributed by atoms with Gasteiger partial charge in [0, 0.05) is 35.8 Å². The number of methoxy groups -OCH3 is 1. The van der Waals surface area contributed by atoms with Crippen LogP contribution in [0.2, 0.25) is 5.02 Å². The molecule has 3 aromatic rings. The molecule has 0 aliphatic carbocycles. The molecule has 3 aromatic carbocycles. The molecule has 0 saturated carbocycles. The molecule has 8 heteroatoms. The van der Waals surface area contributed by atoms with Crippen LogP contribution in [0.1, 0.15) is 67.7 Å². The molecule has 43 heavy (non-hydrogen) atoms. The van der Waals surface area contributed by atoms with Crippen molar-refractivity contribution in [3.63, 3.8) is 0 Å². The van der Waals surface area contributed by atoms with Crippen LogP contribution in [0.15, 0.2) is 60.7 Å². The number of halogens is 1. The van der Waals surface area contributed by atoms with E-state index in [-0.39, 0.29) is 30.7 Å². The van der Waals surface area contributed by atoms with Gasteiger partial charge in [-0.3, -0.25) is 24.2 Å². The van der Waals surface area contributed by atoms with Gasteiger partial charge < -0.3 is 9.64 Å². The predicted octanol–water partition coefficient (Wildman–Crippen LogP) is 6.38. The molecule has 0 aromatic heterocycles. The first-order valence-electron chi connectivity index (χ1n) is 15.1. The van der Waals surface area contributed by atoms with Crippen LogP contribution in [0.25, 0.3) is 0 Å². The molecule has 1 atom stereocenters. The van der Waals surface area contributed by atoms with Crippen LogP contribution in [-0.2, 0) is 26.3 Å². The normalized spacial score (nSPS) is 20.5. The number of amides is 3. The zero-order valence-corrected chi connectivity index (χ0v) is 26.0. The summed E-state index contributed by atoms with van der Waals surface area (Å²) in [5.74, 6) is 0.534. The molecule has 3 aliphatic rings. The van der Waals surface area contributed by atoms with Crippen molar-refractivity contribution in [3.05, 3.63) is 87.9 Å². The SMILES string of the molecule is COc1ccc(CN2C(=O)CCC(N3C(=O)C(C)(C)c4c(N5CCC(c6ccc(Cl)c(C)c6)CC5)cccc43)C2=O)cc1. The Kier molecular flexibility index (Phi) is 7.71. The first-order chi connectivity index (χ1) is 20.6. The number of anilines is 2. The quantitative estimate of drug-likeness (QED) is 0.307. The first kappa shape index (κ1) is 29.2. The molecule has 3 heterocycles. The second kappa shape index (κ2) is 11.3. The van der Waals surface area contributed by atoms with Crippen molar-refractivity contribution in [1.82, 2.24) is 4.90 Å². The van der Waals surface area contributed by atoms with Crippen LogP contribution in [-0.4, -0.2) is 48.9 Å². The Labute approximate surface area is 258 Å². The van der Waals surface area contributed by atoms with Crippen molar-refractivity contribution in [2.75, 3.05) is 30.0 Å². The second-order valence-corrected chi connectivity index (χ2v) is 12.9. The maximum Gasteiger partial charge on any atom is 0.252 e. The fourth-order valence-corrected chi connectivity index (χ4v) is 7.09. The van der Waals surface area contributed by atoms with Gasteiger partial charge in [0.05, 0.1) is 24.8 Å². The number of carbonyl (C=O) groups excluding carboxylic acids is 3. The van der Waals surface area contributed by atoms with E-state index in [1.54, 1.807) is 12.0 Å². The number of ether oxygens (including phenoxy) is 1. The molecular weight excluding hydrogens is 562 g/mol. The summed E-state index contributed by atoms with van der Waals surface area (Å²) in [5.41, 5.74) is 5.25. The van der Waals surface area contributed by atoms with Crippen LogP contribution < -0.4 is 14.5 Å². The first-order valence-corrected chi connectivity index (χ1v) is 15.4. The molecule has 0 radical (unpaired) electrons. The molecular formula is C35H38ClN3O4. The van der Waals surface area contributed by atoms with Crippen molar-refractivity contribution in [2.45, 2.75) is 70.4 Å². The van der Waals surface area contributed by atoms with Gasteiger partial charge >= 0.3 is 0 Å². The summed E-state index contributed by atoms with van der Waals surface area (Å²) in [6.45, 7) is 7.87. The predicted molar refractivity (Wildman–Crippen MR) is 169 cm³/mol. The van der Waals surface area contributed by atoms with Crippen molar-refractivity contribution >= 4 is 40.7 Å². The van der Waals surface area contributed by atoms with Crippen molar-refractivity contribution in [1.29, 1.82) is 0 Å². The van der Waals surface area contributed by atoms with Gasteiger partial charge in [-0.05, 0) is 93.0 Å². The summed E-state index contributed by atoms with van der Waals surface area (Å²) in [5, 5.41) is 0.794. The molecule has 224 valence electrons. The Morgan fingerprint density at radius 2 is 1.63 bits per heavy atom. The molecule has 1 unspecified atom stereocenters. The number of benzene rings is 3. The Morgan fingerprint density at radius 3 is 2.30 bits per heavy atom. The van der Waals surface area contributed by atoms with Crippen LogP contribution in [0.5, 0.6) is 5.75 Å². The van der Waals surface area contributed by atoms with E-state index in [1.807, 2.05) is 63.2 Å². The van der Waals surface area contributed by atoms with Gasteiger partial charge in [-0.2, -0.15) is 0 Å². The fourth-order valence-electron chi connectivity index (χ4n) is 6.98. The molecule has 3 amide bonds. The highest BCUT2D eigenvalue weighted by atomic mass is 35.5. The number of fused-ring (bicyclic) bond motifs is 1. The van der Waals surface area contributed by atoms with Crippen molar-refractivity contribution < 1.29 is 19.1 Å². The number of likely N-dealkylation sites (tertiary alicyclic amines) is 1. The van der Waals surface area contributed by atoms with Crippen LogP contribution in [0, 0.1) is 6.92 Å². The molecule has 3 aliphatic heterocycles. The average Bonchev–Trinajstić information content (AvgIpc) is 3.22. The van der Waals surface area contributed by atoms with E-state index in [0.29, 0.717) is 18.1 Å². The maximum atomic E-state index is 14.1. The van der Waals surface area contributed by atoms with Gasteiger partial charge in [0.2, 0.25) is 11.8 Å². The zero-order valence-electron chi connectivity index (χ0n) is 25.2. The van der Waals surface area contributed by atoms with E-state index in [4.69, 9.17) is 16.3 Å². The summed E-state index contributed by atoms with van der Waals surface area (Å²) >= 11 is 6.27. The molecule has 0 spiro atoms. The van der Waals surface area contributed by atoms with Gasteiger partial charge in [0.15, 0.2) is 0 Å². The number of piperidine rings is 2. The third kappa shape index (κ3) is 5.18. The van der Waals surface area contributed by atoms with Gasteiger partial charge in [0.25, 0.3) is 5.91 Å². The minimum Gasteiger partial charge on any atom is -0.497 e. The molecule has 0 bridgehead atoms. The molecule has 6 rings (SSSR count). The second-order valence-electron chi connectivity index (χ2n) is 12.5. The molecule has 7 nitrogen and oxygen atoms in total. The van der Waals surface area contributed by atoms with E-state index in [2.05, 4.69) is 23.1 Å². The topological polar surface area (TPSA) is 70.2 Å². The van der Waals surface area contributed by atoms with E-state index >= 15 is 0 Å². The minimum atomic E-state index is -0.807. The number of carbonyl (C=O) groups is 3. The smallest absolute Gasteiger partial charge is 0.252 e. The summed E-state index contributed by atoms with van der Waals surface area (Å²) in [4.78, 5) is 46.3. The Hall–Kier alpha value is -3.84. The van der Waals surface area contributed by atoms with E-state index < -0.39 is 11.5 Å². The lowest BCUT2D eigenvalue weighted by molar-refractivity contribution is -0.150. The van der Waals surface area contributed by atoms with Crippen LogP contribution >= 0.6 is 11.6 Å². The molecule has 0 N–H and O–H groups in total. The number of aryl methyl sites for hydroxylation is 1. The van der Waals surface area contributed by atoms with Crippen LogP contribution in [0.3, 0.4) is 0 Å². The Bertz CT molecular complexity index is 1580. The van der Waals surface area contributed by atoms with Gasteiger partial charge in [-0.1, -0.05) is 41.9 Å². The van der Waals surface area contributed by atoms with Crippen molar-refractivity contribution in [3.8, 4) is 5.75 Å². The number of hydrogen-bond acceptors (Lipinski definition) is 5. The van der Waals surface area contributed by atoms with E-state index in [9.17, 15) is 14.4 Å². The lowest BCUT2D eigenvalue weighted by Gasteiger charge is -2.37. The van der Waals surface area contributed by atoms with E-state index in [0.717, 1.165) is 59.0 Å². The third-order valence-electron chi connectivity index (χ3n) is 9.44. The summed E-state index contributed by atoms with van der Waals surface area (Å²) < 4.78 is 5.24. The Balaban J connectivity index is 1.25. The standard InChI is InChI=1S/C35H38ClN3O4/c1-22-20-25(10-13-27(22)36)24-16-18-37(19-17-24)28-6-5-7-29-32(28)35(2,3)34(42)39(29)30-14-15-31(40)38(33(30)41)21-23-8-11-26(43-4)12-9-23/h5-13,20,24,30H,14-19,21H2,1-4H3. The number of nitrogens with zero attached hydrogens (tertiary/aromatic N) is 3. The maximum absolute atomic E-state index is 14.1. The minimum absolute atomic E-state index is 0.0985. The Morgan fingerprint density at radius 1 is 0.930 bits per heavy atom. The fraction of sp³-hybridized carbons (Fsp3) is 0.400. The lowest BCUT2D eigenvalue weighted by Crippen LogP contribution is -2.56. The van der Waals surface area contributed by atoms with Gasteiger partial charge in [0.1, 0.15) is 11.8 Å². The van der Waals surface area contributed by atoms with Gasteiger partial charge in [-0.15, -0.1) is 0 Å². The summed E-state index contributed by atoms with van der Waals surface area (Å²) in [7, 11) is 1.60. The monoisotopic (exact) mass is 599 g/mol. The average molecular weight is 600 g/mol. The number of imide groups is 1. The zero-order chi connectivity index (χ0) is 30.5. The molecule has 2 fully saturated rings. The van der Waals surface area contributed by atoms with Crippen molar-refractivity contribution in [2.24, 2.45) is 0 Å². The lowest BCUT2D eigenvalue weighted by atomic mass is 9.83. The van der Waals surface area contributed by atoms with E-state index in [1.165, 1.54) is 10.5 Å². The number of rotatable bonds is 6.